The van der Waals surface area contributed by atoms with Gasteiger partial charge in [-0.3, -0.25) is 0 Å². The molecule has 0 saturated heterocycles. The predicted molar refractivity (Wildman–Crippen MR) is 80.3 cm³/mol. The fraction of sp³-hybridized carbons (Fsp3) is 0.538. The second-order valence-electron chi connectivity index (χ2n) is 4.87. The summed E-state index contributed by atoms with van der Waals surface area (Å²) in [5.74, 6) is 0.0633. The Morgan fingerprint density at radius 2 is 1.80 bits per heavy atom. The second kappa shape index (κ2) is 6.69. The molecule has 0 radical (unpaired) electrons. The van der Waals surface area contributed by atoms with Gasteiger partial charge >= 0.3 is 0 Å². The number of nitrogens with one attached hydrogen (secondary N) is 1. The molecule has 0 aliphatic carbocycles. The van der Waals surface area contributed by atoms with Gasteiger partial charge in [-0.15, -0.1) is 0 Å². The van der Waals surface area contributed by atoms with Gasteiger partial charge in [0.15, 0.2) is 9.84 Å². The number of sulfone groups is 2. The Labute approximate surface area is 121 Å². The van der Waals surface area contributed by atoms with Crippen LogP contribution in [0.1, 0.15) is 24.9 Å². The van der Waals surface area contributed by atoms with E-state index in [0.717, 1.165) is 11.8 Å². The molecule has 0 saturated carbocycles. The fourth-order valence-corrected chi connectivity index (χ4v) is 3.27. The first-order valence-electron chi connectivity index (χ1n) is 6.34. The minimum Gasteiger partial charge on any atom is -0.310 e. The molecule has 0 heterocycles. The Morgan fingerprint density at radius 1 is 1.15 bits per heavy atom. The van der Waals surface area contributed by atoms with Crippen molar-refractivity contribution in [2.75, 3.05) is 24.8 Å². The number of benzene rings is 1. The maximum atomic E-state index is 11.6. The van der Waals surface area contributed by atoms with E-state index in [1.165, 1.54) is 6.26 Å². The summed E-state index contributed by atoms with van der Waals surface area (Å²) in [6, 6.07) is 6.46. The lowest BCUT2D eigenvalue weighted by Gasteiger charge is -2.18. The van der Waals surface area contributed by atoms with Crippen LogP contribution in [0.2, 0.25) is 0 Å². The summed E-state index contributed by atoms with van der Waals surface area (Å²) >= 11 is 0. The van der Waals surface area contributed by atoms with E-state index in [-0.39, 0.29) is 16.7 Å². The summed E-state index contributed by atoms with van der Waals surface area (Å²) < 4.78 is 45.7. The molecule has 0 aromatic heterocycles. The molecule has 20 heavy (non-hydrogen) atoms. The SMILES string of the molecule is CCNC(CCS(C)(=O)=O)c1cccc(S(C)(=O)=O)c1. The van der Waals surface area contributed by atoms with Crippen LogP contribution in [-0.2, 0) is 19.7 Å². The quantitative estimate of drug-likeness (QED) is 0.816. The second-order valence-corrected chi connectivity index (χ2v) is 9.15. The first-order valence-corrected chi connectivity index (χ1v) is 10.3. The van der Waals surface area contributed by atoms with Gasteiger partial charge in [0, 0.05) is 18.6 Å². The monoisotopic (exact) mass is 319 g/mol. The van der Waals surface area contributed by atoms with Gasteiger partial charge in [-0.25, -0.2) is 16.8 Å². The van der Waals surface area contributed by atoms with Crippen molar-refractivity contribution in [3.63, 3.8) is 0 Å². The Kier molecular flexibility index (Phi) is 5.73. The van der Waals surface area contributed by atoms with E-state index >= 15 is 0 Å². The highest BCUT2D eigenvalue weighted by Gasteiger charge is 2.16. The summed E-state index contributed by atoms with van der Waals surface area (Å²) in [5, 5.41) is 3.19. The van der Waals surface area contributed by atoms with Crippen LogP contribution in [0.5, 0.6) is 0 Å². The first kappa shape index (κ1) is 17.1. The van der Waals surface area contributed by atoms with Gasteiger partial charge in [-0.2, -0.15) is 0 Å². The van der Waals surface area contributed by atoms with Crippen molar-refractivity contribution < 1.29 is 16.8 Å². The van der Waals surface area contributed by atoms with Crippen molar-refractivity contribution in [1.29, 1.82) is 0 Å². The number of hydrogen-bond donors (Lipinski definition) is 1. The average molecular weight is 319 g/mol. The van der Waals surface area contributed by atoms with Crippen molar-refractivity contribution in [1.82, 2.24) is 5.32 Å². The van der Waals surface area contributed by atoms with Crippen LogP contribution in [0.15, 0.2) is 29.2 Å². The molecular weight excluding hydrogens is 298 g/mol. The average Bonchev–Trinajstić information content (AvgIpc) is 2.32. The van der Waals surface area contributed by atoms with E-state index in [4.69, 9.17) is 0 Å². The van der Waals surface area contributed by atoms with Gasteiger partial charge in [0.1, 0.15) is 9.84 Å². The van der Waals surface area contributed by atoms with E-state index in [9.17, 15) is 16.8 Å². The number of rotatable bonds is 7. The Balaban J connectivity index is 3.03. The lowest BCUT2D eigenvalue weighted by Crippen LogP contribution is -2.23. The van der Waals surface area contributed by atoms with Gasteiger partial charge in [0.2, 0.25) is 0 Å². The highest BCUT2D eigenvalue weighted by molar-refractivity contribution is 7.91. The minimum atomic E-state index is -3.26. The lowest BCUT2D eigenvalue weighted by atomic mass is 10.0. The van der Waals surface area contributed by atoms with Crippen LogP contribution in [-0.4, -0.2) is 41.6 Å². The highest BCUT2D eigenvalue weighted by Crippen LogP contribution is 2.21. The maximum Gasteiger partial charge on any atom is 0.175 e. The molecule has 0 aliphatic rings. The minimum absolute atomic E-state index is 0.0633. The van der Waals surface area contributed by atoms with Gasteiger partial charge in [0.25, 0.3) is 0 Å². The third kappa shape index (κ3) is 5.60. The van der Waals surface area contributed by atoms with E-state index in [0.29, 0.717) is 13.0 Å². The van der Waals surface area contributed by atoms with Crippen LogP contribution < -0.4 is 5.32 Å². The van der Waals surface area contributed by atoms with Gasteiger partial charge < -0.3 is 5.32 Å². The largest absolute Gasteiger partial charge is 0.310 e. The predicted octanol–water partition coefficient (Wildman–Crippen LogP) is 1.18. The highest BCUT2D eigenvalue weighted by atomic mass is 32.2. The molecule has 0 spiro atoms. The molecule has 1 unspecified atom stereocenters. The molecule has 0 bridgehead atoms. The molecular formula is C13H21NO4S2. The molecule has 0 aliphatic heterocycles. The molecule has 0 fully saturated rings. The smallest absolute Gasteiger partial charge is 0.175 e. The summed E-state index contributed by atoms with van der Waals surface area (Å²) in [5.41, 5.74) is 0.790. The molecule has 114 valence electrons. The van der Waals surface area contributed by atoms with E-state index in [1.807, 2.05) is 13.0 Å². The van der Waals surface area contributed by atoms with Crippen molar-refractivity contribution in [2.24, 2.45) is 0 Å². The zero-order valence-electron chi connectivity index (χ0n) is 12.0. The molecule has 1 aromatic rings. The van der Waals surface area contributed by atoms with Gasteiger partial charge in [0.05, 0.1) is 10.6 Å². The molecule has 1 aromatic carbocycles. The Morgan fingerprint density at radius 3 is 2.30 bits per heavy atom. The van der Waals surface area contributed by atoms with Crippen molar-refractivity contribution >= 4 is 19.7 Å². The van der Waals surface area contributed by atoms with E-state index in [2.05, 4.69) is 5.32 Å². The number of hydrogen-bond acceptors (Lipinski definition) is 5. The van der Waals surface area contributed by atoms with Crippen LogP contribution in [0.3, 0.4) is 0 Å². The van der Waals surface area contributed by atoms with E-state index < -0.39 is 19.7 Å². The van der Waals surface area contributed by atoms with E-state index in [1.54, 1.807) is 18.2 Å². The van der Waals surface area contributed by atoms with Crippen LogP contribution in [0, 0.1) is 0 Å². The summed E-state index contributed by atoms with van der Waals surface area (Å²) in [6.07, 6.45) is 2.77. The molecule has 0 amide bonds. The van der Waals surface area contributed by atoms with Gasteiger partial charge in [-0.1, -0.05) is 19.1 Å². The summed E-state index contributed by atoms with van der Waals surface area (Å²) in [6.45, 7) is 2.60. The van der Waals surface area contributed by atoms with Crippen molar-refractivity contribution in [2.45, 2.75) is 24.3 Å². The maximum absolute atomic E-state index is 11.6. The Hall–Kier alpha value is -0.920. The standard InChI is InChI=1S/C13H21NO4S2/c1-4-14-13(8-9-19(2,15)16)11-6-5-7-12(10-11)20(3,17)18/h5-7,10,13-14H,4,8-9H2,1-3H3. The van der Waals surface area contributed by atoms with Crippen LogP contribution >= 0.6 is 0 Å². The third-order valence-electron chi connectivity index (χ3n) is 2.92. The Bertz CT molecular complexity index is 651. The molecule has 7 heteroatoms. The summed E-state index contributed by atoms with van der Waals surface area (Å²) in [4.78, 5) is 0.247. The molecule has 1 atom stereocenters. The van der Waals surface area contributed by atoms with Crippen molar-refractivity contribution in [3.05, 3.63) is 29.8 Å². The van der Waals surface area contributed by atoms with Crippen LogP contribution in [0.25, 0.3) is 0 Å². The fourth-order valence-electron chi connectivity index (χ4n) is 1.93. The summed E-state index contributed by atoms with van der Waals surface area (Å²) in [7, 11) is -6.31. The van der Waals surface area contributed by atoms with Crippen molar-refractivity contribution in [3.8, 4) is 0 Å². The topological polar surface area (TPSA) is 80.3 Å². The molecule has 5 nitrogen and oxygen atoms in total. The molecule has 1 N–H and O–H groups in total. The zero-order valence-corrected chi connectivity index (χ0v) is 13.6. The lowest BCUT2D eigenvalue weighted by molar-refractivity contribution is 0.528. The zero-order chi connectivity index (χ0) is 15.4. The molecule has 1 rings (SSSR count). The third-order valence-corrected chi connectivity index (χ3v) is 5.00. The van der Waals surface area contributed by atoms with Gasteiger partial charge in [-0.05, 0) is 30.7 Å². The first-order chi connectivity index (χ1) is 9.13. The van der Waals surface area contributed by atoms with Crippen LogP contribution in [0.4, 0.5) is 0 Å². The normalized spacial score (nSPS) is 14.2.